The molecule has 5 rings (SSSR count). The highest BCUT2D eigenvalue weighted by Crippen LogP contribution is 2.32. The molecule has 1 atom stereocenters. The van der Waals surface area contributed by atoms with E-state index in [-0.39, 0.29) is 5.69 Å². The van der Waals surface area contributed by atoms with E-state index in [2.05, 4.69) is 15.4 Å². The number of hydrogen-bond donors (Lipinski definition) is 3. The summed E-state index contributed by atoms with van der Waals surface area (Å²) in [5.41, 5.74) is 3.24. The van der Waals surface area contributed by atoms with Crippen molar-refractivity contribution in [1.82, 2.24) is 19.9 Å². The van der Waals surface area contributed by atoms with Crippen LogP contribution in [-0.4, -0.2) is 38.8 Å². The molecule has 1 unspecified atom stereocenters. The molecule has 7 heteroatoms. The molecular weight excluding hydrogens is 368 g/mol. The molecule has 0 amide bonds. The van der Waals surface area contributed by atoms with Crippen molar-refractivity contribution >= 4 is 11.6 Å². The van der Waals surface area contributed by atoms with Gasteiger partial charge in [0.2, 0.25) is 0 Å². The third-order valence-electron chi connectivity index (χ3n) is 5.31. The van der Waals surface area contributed by atoms with E-state index in [9.17, 15) is 9.90 Å². The van der Waals surface area contributed by atoms with Gasteiger partial charge in [-0.05, 0) is 49.4 Å². The molecule has 0 spiro atoms. The summed E-state index contributed by atoms with van der Waals surface area (Å²) < 4.78 is 7.33. The molecule has 0 aliphatic carbocycles. The highest BCUT2D eigenvalue weighted by molar-refractivity contribution is 5.94. The van der Waals surface area contributed by atoms with Gasteiger partial charge in [0.05, 0.1) is 11.9 Å². The van der Waals surface area contributed by atoms with Crippen LogP contribution >= 0.6 is 0 Å². The number of aromatic carboxylic acids is 1. The molecule has 1 fully saturated rings. The number of nitrogens with one attached hydrogen (secondary N) is 2. The number of fused-ring (bicyclic) bond motifs is 1. The fraction of sp³-hybridized carbons (Fsp3) is 0.182. The molecule has 3 heterocycles. The Kier molecular flexibility index (Phi) is 4.29. The van der Waals surface area contributed by atoms with Gasteiger partial charge in [0.25, 0.3) is 0 Å². The Labute approximate surface area is 166 Å². The number of imidazole rings is 1. The van der Waals surface area contributed by atoms with E-state index in [0.717, 1.165) is 42.0 Å². The third kappa shape index (κ3) is 3.15. The summed E-state index contributed by atoms with van der Waals surface area (Å²) in [7, 11) is 0. The monoisotopic (exact) mass is 388 g/mol. The van der Waals surface area contributed by atoms with Crippen LogP contribution in [0, 0.1) is 0 Å². The molecule has 3 N–H and O–H groups in total. The number of ether oxygens (including phenoxy) is 1. The molecule has 0 bridgehead atoms. The molecular formula is C22H20N4O3. The summed E-state index contributed by atoms with van der Waals surface area (Å²) in [6.45, 7) is 1.84. The lowest BCUT2D eigenvalue weighted by molar-refractivity contribution is 0.0689. The Morgan fingerprint density at radius 3 is 2.55 bits per heavy atom. The first-order chi connectivity index (χ1) is 14.2. The van der Waals surface area contributed by atoms with Crippen LogP contribution in [0.4, 0.5) is 0 Å². The average Bonchev–Trinajstić information content (AvgIpc) is 3.45. The van der Waals surface area contributed by atoms with Gasteiger partial charge in [0, 0.05) is 23.6 Å². The SMILES string of the molecule is O=C(O)c1c(-c2ccc(Oc3ccccc3)cc2)[nH]c2c(C3CCNC3)cnn12. The maximum Gasteiger partial charge on any atom is 0.356 e. The second-order valence-corrected chi connectivity index (χ2v) is 7.14. The van der Waals surface area contributed by atoms with Crippen molar-refractivity contribution in [1.29, 1.82) is 0 Å². The topological polar surface area (TPSA) is 91.6 Å². The first-order valence-electron chi connectivity index (χ1n) is 9.57. The van der Waals surface area contributed by atoms with Crippen molar-refractivity contribution in [3.8, 4) is 22.8 Å². The maximum absolute atomic E-state index is 12.0. The molecule has 0 saturated carbocycles. The summed E-state index contributed by atoms with van der Waals surface area (Å²) in [5.74, 6) is 0.753. The number of nitrogens with zero attached hydrogens (tertiary/aromatic N) is 2. The number of hydrogen-bond acceptors (Lipinski definition) is 4. The van der Waals surface area contributed by atoms with Crippen LogP contribution < -0.4 is 10.1 Å². The maximum atomic E-state index is 12.0. The number of carboxylic acid groups (broad SMARTS) is 1. The first kappa shape index (κ1) is 17.5. The highest BCUT2D eigenvalue weighted by Gasteiger charge is 2.26. The third-order valence-corrected chi connectivity index (χ3v) is 5.31. The summed E-state index contributed by atoms with van der Waals surface area (Å²) in [4.78, 5) is 15.3. The standard InChI is InChI=1S/C22H20N4O3/c27-22(28)20-19(25-21-18(13-24-26(20)21)15-10-11-23-12-15)14-6-8-17(9-7-14)29-16-4-2-1-3-5-16/h1-9,13,15,23,25H,10-12H2,(H,27,28). The highest BCUT2D eigenvalue weighted by atomic mass is 16.5. The van der Waals surface area contributed by atoms with Gasteiger partial charge < -0.3 is 20.1 Å². The van der Waals surface area contributed by atoms with E-state index in [1.54, 1.807) is 6.20 Å². The molecule has 146 valence electrons. The summed E-state index contributed by atoms with van der Waals surface area (Å²) in [5, 5.41) is 17.5. The van der Waals surface area contributed by atoms with Gasteiger partial charge in [-0.25, -0.2) is 9.31 Å². The number of carbonyl (C=O) groups is 1. The molecule has 1 saturated heterocycles. The van der Waals surface area contributed by atoms with Crippen molar-refractivity contribution in [2.24, 2.45) is 0 Å². The van der Waals surface area contributed by atoms with E-state index < -0.39 is 5.97 Å². The normalized spacial score (nSPS) is 16.3. The zero-order valence-electron chi connectivity index (χ0n) is 15.6. The summed E-state index contributed by atoms with van der Waals surface area (Å²) in [6.07, 6.45) is 2.79. The Morgan fingerprint density at radius 2 is 1.86 bits per heavy atom. The van der Waals surface area contributed by atoms with E-state index in [0.29, 0.717) is 17.4 Å². The number of H-pyrrole nitrogens is 1. The second kappa shape index (κ2) is 7.10. The molecule has 4 aromatic rings. The lowest BCUT2D eigenvalue weighted by Crippen LogP contribution is -2.07. The molecule has 0 radical (unpaired) electrons. The number of carboxylic acids is 1. The van der Waals surface area contributed by atoms with Gasteiger partial charge in [-0.15, -0.1) is 0 Å². The van der Waals surface area contributed by atoms with E-state index in [1.807, 2.05) is 54.6 Å². The van der Waals surface area contributed by atoms with Crippen molar-refractivity contribution in [2.45, 2.75) is 12.3 Å². The molecule has 7 nitrogen and oxygen atoms in total. The molecule has 1 aliphatic heterocycles. The number of benzene rings is 2. The van der Waals surface area contributed by atoms with Crippen molar-refractivity contribution in [3.05, 3.63) is 72.1 Å². The first-order valence-corrected chi connectivity index (χ1v) is 9.57. The Morgan fingerprint density at radius 1 is 1.10 bits per heavy atom. The zero-order chi connectivity index (χ0) is 19.8. The Bertz CT molecular complexity index is 1160. The van der Waals surface area contributed by atoms with Crippen LogP contribution in [0.5, 0.6) is 11.5 Å². The van der Waals surface area contributed by atoms with Gasteiger partial charge >= 0.3 is 5.97 Å². The Balaban J connectivity index is 1.52. The quantitative estimate of drug-likeness (QED) is 0.482. The number of para-hydroxylation sites is 1. The molecule has 1 aliphatic rings. The lowest BCUT2D eigenvalue weighted by Gasteiger charge is -2.07. The lowest BCUT2D eigenvalue weighted by atomic mass is 10.0. The predicted molar refractivity (Wildman–Crippen MR) is 109 cm³/mol. The van der Waals surface area contributed by atoms with Crippen LogP contribution in [0.2, 0.25) is 0 Å². The van der Waals surface area contributed by atoms with E-state index in [1.165, 1.54) is 4.52 Å². The largest absolute Gasteiger partial charge is 0.476 e. The smallest absolute Gasteiger partial charge is 0.356 e. The molecule has 29 heavy (non-hydrogen) atoms. The molecule has 2 aromatic heterocycles. The zero-order valence-corrected chi connectivity index (χ0v) is 15.6. The molecule has 2 aromatic carbocycles. The summed E-state index contributed by atoms with van der Waals surface area (Å²) in [6, 6.07) is 16.9. The van der Waals surface area contributed by atoms with Crippen LogP contribution in [0.1, 0.15) is 28.4 Å². The van der Waals surface area contributed by atoms with E-state index in [4.69, 9.17) is 4.74 Å². The Hall–Kier alpha value is -3.58. The van der Waals surface area contributed by atoms with E-state index >= 15 is 0 Å². The van der Waals surface area contributed by atoms with Gasteiger partial charge in [-0.2, -0.15) is 5.10 Å². The fourth-order valence-electron chi connectivity index (χ4n) is 3.88. The minimum Gasteiger partial charge on any atom is -0.476 e. The number of aromatic amines is 1. The summed E-state index contributed by atoms with van der Waals surface area (Å²) >= 11 is 0. The second-order valence-electron chi connectivity index (χ2n) is 7.14. The number of aromatic nitrogens is 3. The fourth-order valence-corrected chi connectivity index (χ4v) is 3.88. The van der Waals surface area contributed by atoms with Gasteiger partial charge in [0.15, 0.2) is 5.69 Å². The van der Waals surface area contributed by atoms with Crippen molar-refractivity contribution in [2.75, 3.05) is 13.1 Å². The van der Waals surface area contributed by atoms with Gasteiger partial charge in [-0.1, -0.05) is 18.2 Å². The minimum atomic E-state index is -1.02. The predicted octanol–water partition coefficient (Wildman–Crippen LogP) is 3.90. The van der Waals surface area contributed by atoms with Crippen LogP contribution in [0.3, 0.4) is 0 Å². The van der Waals surface area contributed by atoms with Crippen LogP contribution in [0.25, 0.3) is 16.9 Å². The van der Waals surface area contributed by atoms with Crippen molar-refractivity contribution < 1.29 is 14.6 Å². The van der Waals surface area contributed by atoms with Crippen molar-refractivity contribution in [3.63, 3.8) is 0 Å². The van der Waals surface area contributed by atoms with Crippen LogP contribution in [-0.2, 0) is 0 Å². The van der Waals surface area contributed by atoms with Gasteiger partial charge in [0.1, 0.15) is 17.1 Å². The van der Waals surface area contributed by atoms with Gasteiger partial charge in [-0.3, -0.25) is 0 Å². The number of rotatable bonds is 5. The van der Waals surface area contributed by atoms with Crippen LogP contribution in [0.15, 0.2) is 60.8 Å². The minimum absolute atomic E-state index is 0.133. The average molecular weight is 388 g/mol.